The molecular formula is C13H14FNO3S. The van der Waals surface area contributed by atoms with Crippen molar-refractivity contribution in [2.45, 2.75) is 4.90 Å². The Morgan fingerprint density at radius 3 is 2.68 bits per heavy atom. The lowest BCUT2D eigenvalue weighted by Crippen LogP contribution is -2.38. The highest BCUT2D eigenvalue weighted by atomic mass is 32.2. The Labute approximate surface area is 111 Å². The number of rotatable bonds is 2. The van der Waals surface area contributed by atoms with Crippen molar-refractivity contribution in [3.8, 4) is 0 Å². The van der Waals surface area contributed by atoms with E-state index in [9.17, 15) is 12.8 Å². The van der Waals surface area contributed by atoms with Crippen LogP contribution >= 0.6 is 0 Å². The Bertz CT molecular complexity index is 633. The molecule has 1 aromatic rings. The van der Waals surface area contributed by atoms with Crippen molar-refractivity contribution in [2.24, 2.45) is 0 Å². The van der Waals surface area contributed by atoms with Gasteiger partial charge >= 0.3 is 0 Å². The van der Waals surface area contributed by atoms with Gasteiger partial charge in [-0.25, -0.2) is 12.8 Å². The first-order valence-electron chi connectivity index (χ1n) is 6.13. The smallest absolute Gasteiger partial charge is 0.207 e. The molecule has 0 aliphatic carbocycles. The van der Waals surface area contributed by atoms with Gasteiger partial charge in [0.25, 0.3) is 0 Å². The average molecular weight is 283 g/mol. The molecule has 0 spiro atoms. The predicted molar refractivity (Wildman–Crippen MR) is 68.8 cm³/mol. The first kappa shape index (κ1) is 12.8. The summed E-state index contributed by atoms with van der Waals surface area (Å²) in [5, 5.41) is 0. The summed E-state index contributed by atoms with van der Waals surface area (Å²) < 4.78 is 43.5. The van der Waals surface area contributed by atoms with Gasteiger partial charge in [-0.3, -0.25) is 4.90 Å². The molecule has 3 rings (SSSR count). The summed E-state index contributed by atoms with van der Waals surface area (Å²) in [6.07, 6.45) is 1.57. The quantitative estimate of drug-likeness (QED) is 0.820. The Balaban J connectivity index is 1.91. The Kier molecular flexibility index (Phi) is 3.16. The van der Waals surface area contributed by atoms with Gasteiger partial charge in [-0.15, -0.1) is 0 Å². The predicted octanol–water partition coefficient (Wildman–Crippen LogP) is 1.29. The second-order valence-corrected chi connectivity index (χ2v) is 6.60. The number of hydrogen-bond donors (Lipinski definition) is 0. The molecule has 0 aromatic heterocycles. The van der Waals surface area contributed by atoms with Crippen molar-refractivity contribution in [2.75, 3.05) is 32.8 Å². The standard InChI is InChI=1S/C13H14FNO3S/c14-12-3-1-2-10-8-11(19(16,17)13(10)12)9-15-4-6-18-7-5-15/h1-3,8H,4-7,9H2. The second-order valence-electron chi connectivity index (χ2n) is 4.66. The van der Waals surface area contributed by atoms with Crippen molar-refractivity contribution in [3.05, 3.63) is 34.5 Å². The van der Waals surface area contributed by atoms with Crippen LogP contribution in [0, 0.1) is 5.82 Å². The number of sulfone groups is 1. The van der Waals surface area contributed by atoms with E-state index in [2.05, 4.69) is 0 Å². The Morgan fingerprint density at radius 2 is 2.00 bits per heavy atom. The lowest BCUT2D eigenvalue weighted by atomic mass is 10.2. The van der Waals surface area contributed by atoms with E-state index in [-0.39, 0.29) is 9.80 Å². The van der Waals surface area contributed by atoms with Crippen LogP contribution in [0.4, 0.5) is 4.39 Å². The van der Waals surface area contributed by atoms with Crippen LogP contribution in [-0.4, -0.2) is 46.2 Å². The summed E-state index contributed by atoms with van der Waals surface area (Å²) in [5.74, 6) is -0.675. The summed E-state index contributed by atoms with van der Waals surface area (Å²) >= 11 is 0. The molecule has 0 saturated carbocycles. The highest BCUT2D eigenvalue weighted by molar-refractivity contribution is 7.95. The number of fused-ring (bicyclic) bond motifs is 1. The highest BCUT2D eigenvalue weighted by Crippen LogP contribution is 2.34. The number of nitrogens with zero attached hydrogens (tertiary/aromatic N) is 1. The fourth-order valence-corrected chi connectivity index (χ4v) is 4.07. The summed E-state index contributed by atoms with van der Waals surface area (Å²) in [5.41, 5.74) is 0.447. The van der Waals surface area contributed by atoms with Crippen molar-refractivity contribution in [3.63, 3.8) is 0 Å². The lowest BCUT2D eigenvalue weighted by molar-refractivity contribution is 0.0430. The second kappa shape index (κ2) is 4.70. The van der Waals surface area contributed by atoms with Crippen LogP contribution in [-0.2, 0) is 14.6 Å². The molecule has 19 heavy (non-hydrogen) atoms. The van der Waals surface area contributed by atoms with E-state index in [1.54, 1.807) is 12.1 Å². The molecule has 1 saturated heterocycles. The fraction of sp³-hybridized carbons (Fsp3) is 0.385. The molecule has 1 fully saturated rings. The SMILES string of the molecule is O=S1(=O)C(CN2CCOCC2)=Cc2cccc(F)c21. The molecule has 0 amide bonds. The zero-order valence-corrected chi connectivity index (χ0v) is 11.1. The number of benzene rings is 1. The van der Waals surface area contributed by atoms with Gasteiger partial charge in [0.15, 0.2) is 0 Å². The van der Waals surface area contributed by atoms with E-state index < -0.39 is 15.7 Å². The first-order valence-corrected chi connectivity index (χ1v) is 7.61. The molecule has 2 aliphatic rings. The summed E-state index contributed by atoms with van der Waals surface area (Å²) in [4.78, 5) is 2.10. The average Bonchev–Trinajstić information content (AvgIpc) is 2.63. The zero-order chi connectivity index (χ0) is 13.5. The first-order chi connectivity index (χ1) is 9.09. The van der Waals surface area contributed by atoms with Crippen LogP contribution < -0.4 is 0 Å². The van der Waals surface area contributed by atoms with Gasteiger partial charge in [0.2, 0.25) is 9.84 Å². The number of ether oxygens (including phenoxy) is 1. The van der Waals surface area contributed by atoms with E-state index in [4.69, 9.17) is 4.74 Å². The summed E-state index contributed by atoms with van der Waals surface area (Å²) in [7, 11) is -3.67. The van der Waals surface area contributed by atoms with Gasteiger partial charge in [-0.1, -0.05) is 12.1 Å². The molecule has 2 aliphatic heterocycles. The summed E-state index contributed by atoms with van der Waals surface area (Å²) in [6, 6.07) is 4.34. The molecule has 1 aromatic carbocycles. The zero-order valence-electron chi connectivity index (χ0n) is 10.3. The van der Waals surface area contributed by atoms with Gasteiger partial charge in [0.05, 0.1) is 18.1 Å². The summed E-state index contributed by atoms with van der Waals surface area (Å²) in [6.45, 7) is 2.93. The maximum atomic E-state index is 13.7. The molecule has 2 heterocycles. The van der Waals surface area contributed by atoms with E-state index >= 15 is 0 Å². The van der Waals surface area contributed by atoms with Gasteiger partial charge in [0.1, 0.15) is 10.7 Å². The molecule has 0 atom stereocenters. The Hall–Kier alpha value is -1.24. The molecule has 0 bridgehead atoms. The minimum Gasteiger partial charge on any atom is -0.379 e. The van der Waals surface area contributed by atoms with Gasteiger partial charge in [-0.2, -0.15) is 0 Å². The number of morpholine rings is 1. The van der Waals surface area contributed by atoms with Crippen LogP contribution in [0.2, 0.25) is 0 Å². The fourth-order valence-electron chi connectivity index (χ4n) is 2.42. The van der Waals surface area contributed by atoms with Crippen LogP contribution in [0.5, 0.6) is 0 Å². The normalized spacial score (nSPS) is 22.1. The lowest BCUT2D eigenvalue weighted by Gasteiger charge is -2.26. The molecular weight excluding hydrogens is 269 g/mol. The van der Waals surface area contributed by atoms with Gasteiger partial charge in [0, 0.05) is 19.6 Å². The highest BCUT2D eigenvalue weighted by Gasteiger charge is 2.33. The van der Waals surface area contributed by atoms with E-state index in [0.717, 1.165) is 0 Å². The third-order valence-corrected chi connectivity index (χ3v) is 5.32. The monoisotopic (exact) mass is 283 g/mol. The number of halogens is 1. The third kappa shape index (κ3) is 2.20. The van der Waals surface area contributed by atoms with Crippen LogP contribution in [0.1, 0.15) is 5.56 Å². The molecule has 0 radical (unpaired) electrons. The van der Waals surface area contributed by atoms with Crippen LogP contribution in [0.3, 0.4) is 0 Å². The van der Waals surface area contributed by atoms with Crippen LogP contribution in [0.15, 0.2) is 28.0 Å². The maximum absolute atomic E-state index is 13.7. The molecule has 0 unspecified atom stereocenters. The maximum Gasteiger partial charge on any atom is 0.207 e. The molecule has 0 N–H and O–H groups in total. The molecule has 4 nitrogen and oxygen atoms in total. The minimum atomic E-state index is -3.67. The van der Waals surface area contributed by atoms with Gasteiger partial charge < -0.3 is 4.74 Å². The minimum absolute atomic E-state index is 0.182. The van der Waals surface area contributed by atoms with E-state index in [0.29, 0.717) is 38.4 Å². The molecule has 6 heteroatoms. The topological polar surface area (TPSA) is 46.6 Å². The number of hydrogen-bond acceptors (Lipinski definition) is 4. The third-order valence-electron chi connectivity index (χ3n) is 3.41. The van der Waals surface area contributed by atoms with Crippen molar-refractivity contribution in [1.29, 1.82) is 0 Å². The van der Waals surface area contributed by atoms with Crippen molar-refractivity contribution in [1.82, 2.24) is 4.90 Å². The Morgan fingerprint density at radius 1 is 1.26 bits per heavy atom. The van der Waals surface area contributed by atoms with Gasteiger partial charge in [-0.05, 0) is 17.7 Å². The van der Waals surface area contributed by atoms with Crippen LogP contribution in [0.25, 0.3) is 6.08 Å². The molecule has 102 valence electrons. The van der Waals surface area contributed by atoms with E-state index in [1.165, 1.54) is 12.1 Å². The largest absolute Gasteiger partial charge is 0.379 e. The van der Waals surface area contributed by atoms with Crippen molar-refractivity contribution >= 4 is 15.9 Å². The van der Waals surface area contributed by atoms with E-state index in [1.807, 2.05) is 4.90 Å². The van der Waals surface area contributed by atoms with Crippen molar-refractivity contribution < 1.29 is 17.5 Å².